The van der Waals surface area contributed by atoms with Crippen molar-refractivity contribution in [1.29, 1.82) is 0 Å². The van der Waals surface area contributed by atoms with Gasteiger partial charge in [0.2, 0.25) is 0 Å². The molecule has 3 rings (SSSR count). The number of hydrogen-bond acceptors (Lipinski definition) is 3. The SMILES string of the molecule is Cc1cccc(OC(C)C(=O)NNC(=O)Cn2c(C)cc3ccccc32)c1C. The lowest BCUT2D eigenvalue weighted by Gasteiger charge is -2.17. The van der Waals surface area contributed by atoms with E-state index in [-0.39, 0.29) is 12.5 Å². The van der Waals surface area contributed by atoms with Gasteiger partial charge in [-0.05, 0) is 62.4 Å². The molecule has 3 aromatic rings. The zero-order valence-corrected chi connectivity index (χ0v) is 16.6. The maximum absolute atomic E-state index is 12.3. The lowest BCUT2D eigenvalue weighted by Crippen LogP contribution is -2.48. The molecule has 0 spiro atoms. The molecule has 1 unspecified atom stereocenters. The van der Waals surface area contributed by atoms with Crippen molar-refractivity contribution in [3.63, 3.8) is 0 Å². The summed E-state index contributed by atoms with van der Waals surface area (Å²) in [6, 6.07) is 15.6. The number of carbonyl (C=O) groups is 2. The molecule has 146 valence electrons. The number of hydrazine groups is 1. The predicted octanol–water partition coefficient (Wildman–Crippen LogP) is 3.18. The molecule has 0 aliphatic rings. The maximum atomic E-state index is 12.3. The summed E-state index contributed by atoms with van der Waals surface area (Å²) >= 11 is 0. The largest absolute Gasteiger partial charge is 0.481 e. The van der Waals surface area contributed by atoms with Crippen molar-refractivity contribution in [3.05, 3.63) is 65.4 Å². The van der Waals surface area contributed by atoms with E-state index in [1.807, 2.05) is 73.9 Å². The van der Waals surface area contributed by atoms with Gasteiger partial charge in [-0.25, -0.2) is 0 Å². The molecular weight excluding hydrogens is 354 g/mol. The van der Waals surface area contributed by atoms with Crippen LogP contribution >= 0.6 is 0 Å². The number of nitrogens with zero attached hydrogens (tertiary/aromatic N) is 1. The second kappa shape index (κ2) is 8.17. The van der Waals surface area contributed by atoms with Gasteiger partial charge in [0, 0.05) is 11.2 Å². The smallest absolute Gasteiger partial charge is 0.279 e. The quantitative estimate of drug-likeness (QED) is 0.669. The summed E-state index contributed by atoms with van der Waals surface area (Å²) in [5, 5.41) is 1.08. The number of aryl methyl sites for hydroxylation is 2. The summed E-state index contributed by atoms with van der Waals surface area (Å²) < 4.78 is 7.64. The highest BCUT2D eigenvalue weighted by Crippen LogP contribution is 2.22. The summed E-state index contributed by atoms with van der Waals surface area (Å²) in [6.07, 6.45) is -0.741. The van der Waals surface area contributed by atoms with E-state index in [4.69, 9.17) is 4.74 Å². The highest BCUT2D eigenvalue weighted by atomic mass is 16.5. The number of ether oxygens (including phenoxy) is 1. The minimum atomic E-state index is -0.741. The van der Waals surface area contributed by atoms with Gasteiger partial charge in [0.15, 0.2) is 6.10 Å². The summed E-state index contributed by atoms with van der Waals surface area (Å²) in [5.74, 6) is -0.0662. The van der Waals surface area contributed by atoms with E-state index in [9.17, 15) is 9.59 Å². The normalized spacial score (nSPS) is 11.9. The Balaban J connectivity index is 1.57. The van der Waals surface area contributed by atoms with Gasteiger partial charge < -0.3 is 9.30 Å². The van der Waals surface area contributed by atoms with E-state index in [0.717, 1.165) is 27.7 Å². The van der Waals surface area contributed by atoms with Crippen molar-refractivity contribution in [2.24, 2.45) is 0 Å². The third kappa shape index (κ3) is 4.17. The Morgan fingerprint density at radius 3 is 2.57 bits per heavy atom. The third-order valence-corrected chi connectivity index (χ3v) is 4.87. The average Bonchev–Trinajstić information content (AvgIpc) is 2.98. The van der Waals surface area contributed by atoms with Crippen molar-refractivity contribution >= 4 is 22.7 Å². The van der Waals surface area contributed by atoms with Crippen molar-refractivity contribution < 1.29 is 14.3 Å². The molecule has 6 nitrogen and oxygen atoms in total. The first-order valence-electron chi connectivity index (χ1n) is 9.23. The number of rotatable bonds is 5. The Labute approximate surface area is 164 Å². The molecule has 0 bridgehead atoms. The molecular formula is C22H25N3O3. The minimum absolute atomic E-state index is 0.117. The van der Waals surface area contributed by atoms with Crippen LogP contribution in [0, 0.1) is 20.8 Å². The van der Waals surface area contributed by atoms with Crippen molar-refractivity contribution in [2.45, 2.75) is 40.3 Å². The van der Waals surface area contributed by atoms with Gasteiger partial charge in [0.05, 0.1) is 0 Å². The number of para-hydroxylation sites is 1. The van der Waals surface area contributed by atoms with E-state index >= 15 is 0 Å². The molecule has 1 aromatic heterocycles. The number of benzene rings is 2. The highest BCUT2D eigenvalue weighted by molar-refractivity contribution is 5.86. The Morgan fingerprint density at radius 2 is 1.79 bits per heavy atom. The molecule has 1 atom stereocenters. The first-order chi connectivity index (χ1) is 13.4. The topological polar surface area (TPSA) is 72.4 Å². The first-order valence-corrected chi connectivity index (χ1v) is 9.23. The number of aromatic nitrogens is 1. The fraction of sp³-hybridized carbons (Fsp3) is 0.273. The summed E-state index contributed by atoms with van der Waals surface area (Å²) in [4.78, 5) is 24.6. The molecule has 0 aliphatic heterocycles. The maximum Gasteiger partial charge on any atom is 0.279 e. The van der Waals surface area contributed by atoms with Crippen LogP contribution in [0.15, 0.2) is 48.5 Å². The first kappa shape index (κ1) is 19.5. The molecule has 0 aliphatic carbocycles. The number of carbonyl (C=O) groups excluding carboxylic acids is 2. The van der Waals surface area contributed by atoms with E-state index in [1.54, 1.807) is 6.92 Å². The monoisotopic (exact) mass is 379 g/mol. The van der Waals surface area contributed by atoms with Crippen molar-refractivity contribution in [2.75, 3.05) is 0 Å². The van der Waals surface area contributed by atoms with Crippen LogP contribution in [0.4, 0.5) is 0 Å². The van der Waals surface area contributed by atoms with Crippen LogP contribution in [0.25, 0.3) is 10.9 Å². The molecule has 0 fully saturated rings. The molecule has 0 saturated heterocycles. The number of hydrogen-bond donors (Lipinski definition) is 2. The van der Waals surface area contributed by atoms with Crippen molar-refractivity contribution in [1.82, 2.24) is 15.4 Å². The molecule has 2 amide bonds. The van der Waals surface area contributed by atoms with Crippen LogP contribution in [0.2, 0.25) is 0 Å². The van der Waals surface area contributed by atoms with Gasteiger partial charge in [-0.1, -0.05) is 30.3 Å². The van der Waals surface area contributed by atoms with Crippen molar-refractivity contribution in [3.8, 4) is 5.75 Å². The summed E-state index contributed by atoms with van der Waals surface area (Å²) in [5.41, 5.74) is 8.94. The molecule has 2 N–H and O–H groups in total. The fourth-order valence-electron chi connectivity index (χ4n) is 3.07. The van der Waals surface area contributed by atoms with Crippen LogP contribution in [-0.4, -0.2) is 22.5 Å². The lowest BCUT2D eigenvalue weighted by molar-refractivity contribution is -0.132. The van der Waals surface area contributed by atoms with Crippen LogP contribution in [0.1, 0.15) is 23.7 Å². The Hall–Kier alpha value is -3.28. The fourth-order valence-corrected chi connectivity index (χ4v) is 3.07. The Bertz CT molecular complexity index is 1020. The Kier molecular flexibility index (Phi) is 5.68. The third-order valence-electron chi connectivity index (χ3n) is 4.87. The van der Waals surface area contributed by atoms with Crippen LogP contribution < -0.4 is 15.6 Å². The number of nitrogens with one attached hydrogen (secondary N) is 2. The molecule has 1 heterocycles. The predicted molar refractivity (Wildman–Crippen MR) is 109 cm³/mol. The zero-order chi connectivity index (χ0) is 20.3. The van der Waals surface area contributed by atoms with Crippen LogP contribution in [-0.2, 0) is 16.1 Å². The van der Waals surface area contributed by atoms with Gasteiger partial charge >= 0.3 is 0 Å². The van der Waals surface area contributed by atoms with E-state index in [2.05, 4.69) is 10.9 Å². The van der Waals surface area contributed by atoms with Gasteiger partial charge in [0.25, 0.3) is 11.8 Å². The average molecular weight is 379 g/mol. The number of fused-ring (bicyclic) bond motifs is 1. The highest BCUT2D eigenvalue weighted by Gasteiger charge is 2.17. The second-order valence-electron chi connectivity index (χ2n) is 6.93. The minimum Gasteiger partial charge on any atom is -0.481 e. The van der Waals surface area contributed by atoms with Gasteiger partial charge in [-0.2, -0.15) is 0 Å². The van der Waals surface area contributed by atoms with E-state index < -0.39 is 12.0 Å². The molecule has 0 saturated carbocycles. The van der Waals surface area contributed by atoms with Gasteiger partial charge in [-0.3, -0.25) is 20.4 Å². The second-order valence-corrected chi connectivity index (χ2v) is 6.93. The number of amides is 2. The molecule has 6 heteroatoms. The van der Waals surface area contributed by atoms with Crippen LogP contribution in [0.5, 0.6) is 5.75 Å². The van der Waals surface area contributed by atoms with E-state index in [1.165, 1.54) is 0 Å². The zero-order valence-electron chi connectivity index (χ0n) is 16.6. The lowest BCUT2D eigenvalue weighted by atomic mass is 10.1. The molecule has 28 heavy (non-hydrogen) atoms. The molecule has 0 radical (unpaired) electrons. The summed E-state index contributed by atoms with van der Waals surface area (Å²) in [7, 11) is 0. The molecule has 2 aromatic carbocycles. The van der Waals surface area contributed by atoms with Gasteiger partial charge in [-0.15, -0.1) is 0 Å². The van der Waals surface area contributed by atoms with Gasteiger partial charge in [0.1, 0.15) is 12.3 Å². The van der Waals surface area contributed by atoms with Crippen LogP contribution in [0.3, 0.4) is 0 Å². The standard InChI is InChI=1S/C22H25N3O3/c1-14-8-7-11-20(16(14)3)28-17(4)22(27)24-23-21(26)13-25-15(2)12-18-9-5-6-10-19(18)25/h5-12,17H,13H2,1-4H3,(H,23,26)(H,24,27). The Morgan fingerprint density at radius 1 is 1.04 bits per heavy atom. The van der Waals surface area contributed by atoms with E-state index in [0.29, 0.717) is 5.75 Å². The summed E-state index contributed by atoms with van der Waals surface area (Å²) in [6.45, 7) is 7.64.